The number of thiophene rings is 2. The Hall–Kier alpha value is -1.64. The second-order valence-corrected chi connectivity index (χ2v) is 9.20. The molecular formula is C18H21N3O2S3. The first kappa shape index (κ1) is 19.1. The van der Waals surface area contributed by atoms with Gasteiger partial charge in [0.2, 0.25) is 5.91 Å². The normalized spacial score (nSPS) is 12.7. The number of hydrogen-bond donors (Lipinski definition) is 1. The minimum Gasteiger partial charge on any atom is -0.353 e. The van der Waals surface area contributed by atoms with Crippen LogP contribution in [0.15, 0.2) is 32.8 Å². The summed E-state index contributed by atoms with van der Waals surface area (Å²) < 4.78 is 1.54. The molecule has 26 heavy (non-hydrogen) atoms. The van der Waals surface area contributed by atoms with Crippen LogP contribution >= 0.6 is 34.4 Å². The molecule has 0 aliphatic carbocycles. The maximum atomic E-state index is 12.9. The third-order valence-corrected chi connectivity index (χ3v) is 7.09. The third-order valence-electron chi connectivity index (χ3n) is 4.28. The van der Waals surface area contributed by atoms with E-state index in [1.165, 1.54) is 27.7 Å². The lowest BCUT2D eigenvalue weighted by Gasteiger charge is -2.17. The second-order valence-electron chi connectivity index (χ2n) is 6.45. The zero-order valence-corrected chi connectivity index (χ0v) is 17.6. The molecule has 0 aromatic carbocycles. The molecule has 0 aliphatic rings. The molecule has 0 saturated carbocycles. The number of carbonyl (C=O) groups excluding carboxylic acids is 1. The van der Waals surface area contributed by atoms with E-state index in [-0.39, 0.29) is 23.3 Å². The zero-order valence-electron chi connectivity index (χ0n) is 15.1. The maximum absolute atomic E-state index is 12.9. The number of nitrogens with one attached hydrogen (secondary N) is 1. The van der Waals surface area contributed by atoms with Gasteiger partial charge in [-0.25, -0.2) is 4.98 Å². The SMILES string of the molecule is CC(C)C(C)NC(=O)CSc1nc2scc(-c3cccs3)c2c(=O)n1C. The fraction of sp³-hybridized carbons (Fsp3) is 0.389. The van der Waals surface area contributed by atoms with Crippen molar-refractivity contribution in [2.75, 3.05) is 5.75 Å². The molecule has 0 bridgehead atoms. The van der Waals surface area contributed by atoms with Gasteiger partial charge in [-0.1, -0.05) is 31.7 Å². The van der Waals surface area contributed by atoms with Crippen LogP contribution in [0.2, 0.25) is 0 Å². The van der Waals surface area contributed by atoms with Crippen LogP contribution in [0.5, 0.6) is 0 Å². The number of thioether (sulfide) groups is 1. The Morgan fingerprint density at radius 1 is 1.35 bits per heavy atom. The van der Waals surface area contributed by atoms with E-state index in [0.717, 1.165) is 15.3 Å². The standard InChI is InChI=1S/C18H21N3O2S3/c1-10(2)11(3)19-14(22)9-26-18-20-16-15(17(23)21(18)4)12(8-25-16)13-6-5-7-24-13/h5-8,10-11H,9H2,1-4H3,(H,19,22). The van der Waals surface area contributed by atoms with E-state index in [4.69, 9.17) is 0 Å². The molecule has 0 saturated heterocycles. The zero-order chi connectivity index (χ0) is 18.8. The molecule has 1 N–H and O–H groups in total. The highest BCUT2D eigenvalue weighted by Gasteiger charge is 2.17. The Kier molecular flexibility index (Phi) is 5.84. The van der Waals surface area contributed by atoms with E-state index >= 15 is 0 Å². The highest BCUT2D eigenvalue weighted by molar-refractivity contribution is 7.99. The molecular weight excluding hydrogens is 386 g/mol. The predicted octanol–water partition coefficient (Wildman–Crippen LogP) is 3.98. The molecule has 3 heterocycles. The Bertz CT molecular complexity index is 974. The average Bonchev–Trinajstić information content (AvgIpc) is 3.25. The van der Waals surface area contributed by atoms with Gasteiger partial charge in [-0.2, -0.15) is 0 Å². The summed E-state index contributed by atoms with van der Waals surface area (Å²) in [4.78, 5) is 31.4. The van der Waals surface area contributed by atoms with E-state index in [1.807, 2.05) is 29.8 Å². The van der Waals surface area contributed by atoms with Crippen molar-refractivity contribution in [3.05, 3.63) is 33.2 Å². The number of nitrogens with zero attached hydrogens (tertiary/aromatic N) is 2. The summed E-state index contributed by atoms with van der Waals surface area (Å²) in [5.74, 6) is 0.576. The lowest BCUT2D eigenvalue weighted by atomic mass is 10.1. The van der Waals surface area contributed by atoms with Gasteiger partial charge in [-0.15, -0.1) is 22.7 Å². The highest BCUT2D eigenvalue weighted by Crippen LogP contribution is 2.34. The minimum absolute atomic E-state index is 0.0454. The Morgan fingerprint density at radius 2 is 2.12 bits per heavy atom. The summed E-state index contributed by atoms with van der Waals surface area (Å²) in [6.07, 6.45) is 0. The predicted molar refractivity (Wildman–Crippen MR) is 111 cm³/mol. The van der Waals surface area contributed by atoms with Gasteiger partial charge >= 0.3 is 0 Å². The summed E-state index contributed by atoms with van der Waals surface area (Å²) >= 11 is 4.37. The van der Waals surface area contributed by atoms with Gasteiger partial charge < -0.3 is 5.32 Å². The van der Waals surface area contributed by atoms with Gasteiger partial charge in [-0.3, -0.25) is 14.2 Å². The first-order chi connectivity index (χ1) is 12.4. The van der Waals surface area contributed by atoms with Gasteiger partial charge in [0, 0.05) is 28.9 Å². The maximum Gasteiger partial charge on any atom is 0.263 e. The van der Waals surface area contributed by atoms with Gasteiger partial charge in [0.25, 0.3) is 5.56 Å². The quantitative estimate of drug-likeness (QED) is 0.496. The topological polar surface area (TPSA) is 64.0 Å². The van der Waals surface area contributed by atoms with E-state index in [2.05, 4.69) is 24.1 Å². The van der Waals surface area contributed by atoms with Crippen molar-refractivity contribution >= 4 is 50.6 Å². The fourth-order valence-corrected chi connectivity index (χ4v) is 4.97. The molecule has 3 rings (SSSR count). The molecule has 0 spiro atoms. The molecule has 8 heteroatoms. The van der Waals surface area contributed by atoms with Crippen molar-refractivity contribution in [1.29, 1.82) is 0 Å². The van der Waals surface area contributed by atoms with Crippen LogP contribution in [0, 0.1) is 5.92 Å². The van der Waals surface area contributed by atoms with Crippen LogP contribution in [0.4, 0.5) is 0 Å². The molecule has 138 valence electrons. The van der Waals surface area contributed by atoms with Crippen LogP contribution in [0.3, 0.4) is 0 Å². The summed E-state index contributed by atoms with van der Waals surface area (Å²) in [6.45, 7) is 6.13. The van der Waals surface area contributed by atoms with Crippen molar-refractivity contribution in [3.8, 4) is 10.4 Å². The molecule has 5 nitrogen and oxygen atoms in total. The van der Waals surface area contributed by atoms with Gasteiger partial charge in [-0.05, 0) is 24.3 Å². The summed E-state index contributed by atoms with van der Waals surface area (Å²) in [5.41, 5.74) is 0.867. The van der Waals surface area contributed by atoms with E-state index in [9.17, 15) is 9.59 Å². The van der Waals surface area contributed by atoms with Crippen molar-refractivity contribution in [1.82, 2.24) is 14.9 Å². The van der Waals surface area contributed by atoms with Crippen molar-refractivity contribution in [2.45, 2.75) is 32.0 Å². The summed E-state index contributed by atoms with van der Waals surface area (Å²) in [6, 6.07) is 4.10. The first-order valence-corrected chi connectivity index (χ1v) is 11.1. The molecule has 1 unspecified atom stereocenters. The van der Waals surface area contributed by atoms with Crippen LogP contribution < -0.4 is 10.9 Å². The Balaban J connectivity index is 1.84. The smallest absolute Gasteiger partial charge is 0.263 e. The average molecular weight is 408 g/mol. The molecule has 1 atom stereocenters. The van der Waals surface area contributed by atoms with E-state index in [1.54, 1.807) is 18.4 Å². The van der Waals surface area contributed by atoms with Crippen molar-refractivity contribution in [2.24, 2.45) is 13.0 Å². The molecule has 0 aliphatic heterocycles. The molecule has 3 aromatic rings. The van der Waals surface area contributed by atoms with Gasteiger partial charge in [0.05, 0.1) is 11.1 Å². The Labute approximate surface area is 164 Å². The monoisotopic (exact) mass is 407 g/mol. The molecule has 0 radical (unpaired) electrons. The van der Waals surface area contributed by atoms with Crippen LogP contribution in [0.1, 0.15) is 20.8 Å². The fourth-order valence-electron chi connectivity index (χ4n) is 2.39. The third kappa shape index (κ3) is 3.87. The van der Waals surface area contributed by atoms with Crippen LogP contribution in [-0.4, -0.2) is 27.3 Å². The first-order valence-electron chi connectivity index (χ1n) is 8.32. The minimum atomic E-state index is -0.0712. The number of fused-ring (bicyclic) bond motifs is 1. The molecule has 0 fully saturated rings. The van der Waals surface area contributed by atoms with Crippen LogP contribution in [0.25, 0.3) is 20.7 Å². The summed E-state index contributed by atoms with van der Waals surface area (Å²) in [7, 11) is 1.71. The van der Waals surface area contributed by atoms with Crippen LogP contribution in [-0.2, 0) is 11.8 Å². The summed E-state index contributed by atoms with van der Waals surface area (Å²) in [5, 5.41) is 8.17. The van der Waals surface area contributed by atoms with Gasteiger partial charge in [0.15, 0.2) is 5.16 Å². The number of hydrogen-bond acceptors (Lipinski definition) is 6. The number of rotatable bonds is 6. The van der Waals surface area contributed by atoms with Crippen molar-refractivity contribution < 1.29 is 4.79 Å². The highest BCUT2D eigenvalue weighted by atomic mass is 32.2. The lowest BCUT2D eigenvalue weighted by molar-refractivity contribution is -0.119. The molecule has 3 aromatic heterocycles. The van der Waals surface area contributed by atoms with E-state index < -0.39 is 0 Å². The lowest BCUT2D eigenvalue weighted by Crippen LogP contribution is -2.37. The van der Waals surface area contributed by atoms with Crippen molar-refractivity contribution in [3.63, 3.8) is 0 Å². The van der Waals surface area contributed by atoms with E-state index in [0.29, 0.717) is 16.5 Å². The molecule has 1 amide bonds. The number of carbonyl (C=O) groups is 1. The largest absolute Gasteiger partial charge is 0.353 e. The van der Waals surface area contributed by atoms with Gasteiger partial charge in [0.1, 0.15) is 4.83 Å². The second kappa shape index (κ2) is 7.94. The Morgan fingerprint density at radius 3 is 2.77 bits per heavy atom. The number of amides is 1. The number of aromatic nitrogens is 2.